The fourth-order valence-corrected chi connectivity index (χ4v) is 2.46. The van der Waals surface area contributed by atoms with Crippen LogP contribution < -0.4 is 5.32 Å². The summed E-state index contributed by atoms with van der Waals surface area (Å²) in [5.74, 6) is 0. The van der Waals surface area contributed by atoms with Gasteiger partial charge in [0.2, 0.25) is 0 Å². The van der Waals surface area contributed by atoms with Gasteiger partial charge in [-0.3, -0.25) is 10.2 Å². The Morgan fingerprint density at radius 1 is 1.40 bits per heavy atom. The van der Waals surface area contributed by atoms with Crippen molar-refractivity contribution in [2.75, 3.05) is 39.4 Å². The van der Waals surface area contributed by atoms with Gasteiger partial charge in [-0.1, -0.05) is 29.8 Å². The predicted molar refractivity (Wildman–Crippen MR) is 79.4 cm³/mol. The maximum Gasteiger partial charge on any atom is 0.121 e. The van der Waals surface area contributed by atoms with Gasteiger partial charge < -0.3 is 4.74 Å². The monoisotopic (exact) mass is 273 g/mol. The molecule has 1 aliphatic rings. The van der Waals surface area contributed by atoms with Crippen LogP contribution in [0.25, 0.3) is 0 Å². The van der Waals surface area contributed by atoms with Crippen LogP contribution in [-0.4, -0.2) is 44.3 Å². The third kappa shape index (κ3) is 4.61. The quantitative estimate of drug-likeness (QED) is 0.804. The highest BCUT2D eigenvalue weighted by molar-refractivity contribution is 5.28. The number of rotatable bonds is 6. The molecule has 0 saturated carbocycles. The molecule has 0 radical (unpaired) electrons. The fraction of sp³-hybridized carbons (Fsp3) is 0.562. The molecule has 1 aromatic rings. The van der Waals surface area contributed by atoms with Crippen molar-refractivity contribution in [1.82, 2.24) is 10.2 Å². The molecule has 1 aliphatic heterocycles. The Labute approximate surface area is 121 Å². The lowest BCUT2D eigenvalue weighted by Gasteiger charge is -2.26. The van der Waals surface area contributed by atoms with E-state index in [0.29, 0.717) is 0 Å². The topological polar surface area (TPSA) is 48.3 Å². The van der Waals surface area contributed by atoms with Gasteiger partial charge in [-0.15, -0.1) is 0 Å². The molecule has 4 heteroatoms. The van der Waals surface area contributed by atoms with Crippen LogP contribution in [0.15, 0.2) is 24.3 Å². The largest absolute Gasteiger partial charge is 0.379 e. The number of morpholine rings is 1. The van der Waals surface area contributed by atoms with E-state index < -0.39 is 0 Å². The summed E-state index contributed by atoms with van der Waals surface area (Å²) >= 11 is 0. The summed E-state index contributed by atoms with van der Waals surface area (Å²) in [6.07, 6.45) is 1.06. The summed E-state index contributed by atoms with van der Waals surface area (Å²) in [6, 6.07) is 10.3. The lowest BCUT2D eigenvalue weighted by molar-refractivity contribution is 0.0374. The van der Waals surface area contributed by atoms with Gasteiger partial charge >= 0.3 is 0 Å². The summed E-state index contributed by atoms with van der Waals surface area (Å²) < 4.78 is 5.33. The molecule has 0 aliphatic carbocycles. The minimum absolute atomic E-state index is 0.209. The van der Waals surface area contributed by atoms with Gasteiger partial charge in [-0.25, -0.2) is 0 Å². The first-order chi connectivity index (χ1) is 9.79. The number of nitrogens with zero attached hydrogens (tertiary/aromatic N) is 2. The van der Waals surface area contributed by atoms with E-state index in [1.807, 2.05) is 12.1 Å². The van der Waals surface area contributed by atoms with Gasteiger partial charge in [0.1, 0.15) is 6.04 Å². The molecule has 0 bridgehead atoms. The molecular formula is C16H23N3O. The highest BCUT2D eigenvalue weighted by atomic mass is 16.5. The molecule has 20 heavy (non-hydrogen) atoms. The van der Waals surface area contributed by atoms with Crippen LogP contribution in [0.1, 0.15) is 23.6 Å². The standard InChI is InChI=1S/C16H23N3O/c1-14-4-2-5-15(12-14)16(13-17)18-6-3-7-19-8-10-20-11-9-19/h2,4-5,12,16,18H,3,6-11H2,1H3. The average molecular weight is 273 g/mol. The van der Waals surface area contributed by atoms with Crippen molar-refractivity contribution < 1.29 is 4.74 Å². The molecule has 108 valence electrons. The van der Waals surface area contributed by atoms with Crippen LogP contribution >= 0.6 is 0 Å². The Bertz CT molecular complexity index is 449. The van der Waals surface area contributed by atoms with Crippen LogP contribution in [0.4, 0.5) is 0 Å². The number of nitriles is 1. The van der Waals surface area contributed by atoms with Crippen molar-refractivity contribution in [3.63, 3.8) is 0 Å². The Balaban J connectivity index is 1.72. The zero-order valence-electron chi connectivity index (χ0n) is 12.1. The Morgan fingerprint density at radius 3 is 2.90 bits per heavy atom. The van der Waals surface area contributed by atoms with Crippen molar-refractivity contribution in [1.29, 1.82) is 5.26 Å². The SMILES string of the molecule is Cc1cccc(C(C#N)NCCCN2CCOCC2)c1. The number of hydrogen-bond acceptors (Lipinski definition) is 4. The summed E-state index contributed by atoms with van der Waals surface area (Å²) in [7, 11) is 0. The third-order valence-electron chi connectivity index (χ3n) is 3.61. The zero-order valence-corrected chi connectivity index (χ0v) is 12.1. The molecule has 1 fully saturated rings. The van der Waals surface area contributed by atoms with Crippen LogP contribution in [0.3, 0.4) is 0 Å². The molecule has 1 unspecified atom stereocenters. The second-order valence-corrected chi connectivity index (χ2v) is 5.24. The predicted octanol–water partition coefficient (Wildman–Crippen LogP) is 1.87. The summed E-state index contributed by atoms with van der Waals surface area (Å²) in [5, 5.41) is 12.6. The van der Waals surface area contributed by atoms with Crippen molar-refractivity contribution in [2.24, 2.45) is 0 Å². The second-order valence-electron chi connectivity index (χ2n) is 5.24. The first kappa shape index (κ1) is 15.0. The molecule has 0 spiro atoms. The summed E-state index contributed by atoms with van der Waals surface area (Å²) in [6.45, 7) is 7.73. The van der Waals surface area contributed by atoms with E-state index in [0.717, 1.165) is 51.4 Å². The summed E-state index contributed by atoms with van der Waals surface area (Å²) in [5.41, 5.74) is 2.25. The zero-order chi connectivity index (χ0) is 14.2. The number of ether oxygens (including phenoxy) is 1. The molecule has 1 atom stereocenters. The maximum atomic E-state index is 9.28. The normalized spacial score (nSPS) is 17.6. The Kier molecular flexibility index (Phi) is 6.00. The summed E-state index contributed by atoms with van der Waals surface area (Å²) in [4.78, 5) is 2.42. The lowest BCUT2D eigenvalue weighted by Crippen LogP contribution is -2.37. The Hall–Kier alpha value is -1.41. The number of nitrogens with one attached hydrogen (secondary N) is 1. The van der Waals surface area contributed by atoms with E-state index in [2.05, 4.69) is 35.3 Å². The molecule has 0 aromatic heterocycles. The smallest absolute Gasteiger partial charge is 0.121 e. The van der Waals surface area contributed by atoms with Crippen LogP contribution in [-0.2, 0) is 4.74 Å². The van der Waals surface area contributed by atoms with E-state index in [1.165, 1.54) is 5.56 Å². The molecule has 1 N–H and O–H groups in total. The Morgan fingerprint density at radius 2 is 2.20 bits per heavy atom. The highest BCUT2D eigenvalue weighted by Crippen LogP contribution is 2.13. The van der Waals surface area contributed by atoms with Crippen LogP contribution in [0, 0.1) is 18.3 Å². The van der Waals surface area contributed by atoms with Crippen molar-refractivity contribution in [3.05, 3.63) is 35.4 Å². The molecule has 0 amide bonds. The van der Waals surface area contributed by atoms with Gasteiger partial charge in [0.15, 0.2) is 0 Å². The van der Waals surface area contributed by atoms with E-state index >= 15 is 0 Å². The third-order valence-corrected chi connectivity index (χ3v) is 3.61. The van der Waals surface area contributed by atoms with Gasteiger partial charge in [0.25, 0.3) is 0 Å². The molecule has 4 nitrogen and oxygen atoms in total. The molecule has 1 aromatic carbocycles. The van der Waals surface area contributed by atoms with Crippen LogP contribution in [0.5, 0.6) is 0 Å². The molecule has 1 saturated heterocycles. The number of aryl methyl sites for hydroxylation is 1. The van der Waals surface area contributed by atoms with Gasteiger partial charge in [0.05, 0.1) is 19.3 Å². The highest BCUT2D eigenvalue weighted by Gasteiger charge is 2.11. The van der Waals surface area contributed by atoms with Gasteiger partial charge in [-0.05, 0) is 32.0 Å². The van der Waals surface area contributed by atoms with Crippen molar-refractivity contribution in [3.8, 4) is 6.07 Å². The van der Waals surface area contributed by atoms with Crippen LogP contribution in [0.2, 0.25) is 0 Å². The number of benzene rings is 1. The maximum absolute atomic E-state index is 9.28. The van der Waals surface area contributed by atoms with E-state index in [9.17, 15) is 5.26 Å². The molecule has 2 rings (SSSR count). The lowest BCUT2D eigenvalue weighted by atomic mass is 10.1. The average Bonchev–Trinajstić information content (AvgIpc) is 2.48. The van der Waals surface area contributed by atoms with E-state index in [-0.39, 0.29) is 6.04 Å². The molecular weight excluding hydrogens is 250 g/mol. The van der Waals surface area contributed by atoms with E-state index in [4.69, 9.17) is 4.74 Å². The molecule has 1 heterocycles. The van der Waals surface area contributed by atoms with Crippen molar-refractivity contribution in [2.45, 2.75) is 19.4 Å². The number of hydrogen-bond donors (Lipinski definition) is 1. The van der Waals surface area contributed by atoms with E-state index in [1.54, 1.807) is 0 Å². The first-order valence-corrected chi connectivity index (χ1v) is 7.29. The minimum atomic E-state index is -0.209. The second kappa shape index (κ2) is 8.01. The van der Waals surface area contributed by atoms with Gasteiger partial charge in [-0.2, -0.15) is 5.26 Å². The fourth-order valence-electron chi connectivity index (χ4n) is 2.46. The van der Waals surface area contributed by atoms with Crippen molar-refractivity contribution >= 4 is 0 Å². The minimum Gasteiger partial charge on any atom is -0.379 e. The first-order valence-electron chi connectivity index (χ1n) is 7.29. The van der Waals surface area contributed by atoms with Gasteiger partial charge in [0, 0.05) is 13.1 Å².